The zero-order chi connectivity index (χ0) is 23.9. The number of hydrogen-bond acceptors (Lipinski definition) is 5. The van der Waals surface area contributed by atoms with Crippen molar-refractivity contribution in [1.29, 1.82) is 0 Å². The van der Waals surface area contributed by atoms with Gasteiger partial charge in [-0.3, -0.25) is 19.4 Å². The third kappa shape index (κ3) is 4.57. The zero-order valence-electron chi connectivity index (χ0n) is 18.1. The third-order valence-electron chi connectivity index (χ3n) is 6.15. The maximum absolute atomic E-state index is 13.0. The van der Waals surface area contributed by atoms with Crippen LogP contribution >= 0.6 is 0 Å². The number of carbonyl (C=O) groups is 2. The molecule has 3 N–H and O–H groups in total. The molecule has 3 atom stereocenters. The van der Waals surface area contributed by atoms with E-state index in [-0.39, 0.29) is 35.6 Å². The number of aromatic amines is 1. The van der Waals surface area contributed by atoms with Gasteiger partial charge in [0.1, 0.15) is 5.82 Å². The molecule has 33 heavy (non-hydrogen) atoms. The minimum atomic E-state index is -4.57. The normalized spacial score (nSPS) is 23.0. The molecule has 8 nitrogen and oxygen atoms in total. The molecule has 1 fully saturated rings. The number of piperidine rings is 1. The van der Waals surface area contributed by atoms with Crippen LogP contribution in [0.4, 0.5) is 30.6 Å². The lowest BCUT2D eigenvalue weighted by Gasteiger charge is -2.39. The quantitative estimate of drug-likeness (QED) is 0.645. The van der Waals surface area contributed by atoms with E-state index in [1.54, 1.807) is 0 Å². The van der Waals surface area contributed by atoms with Crippen LogP contribution in [-0.2, 0) is 15.8 Å². The lowest BCUT2D eigenvalue weighted by atomic mass is 9.92. The van der Waals surface area contributed by atoms with E-state index < -0.39 is 35.0 Å². The molecule has 1 aromatic carbocycles. The van der Waals surface area contributed by atoms with Gasteiger partial charge in [0.15, 0.2) is 0 Å². The van der Waals surface area contributed by atoms with Crippen LogP contribution < -0.4 is 21.1 Å². The summed E-state index contributed by atoms with van der Waals surface area (Å²) in [4.78, 5) is 47.4. The fourth-order valence-electron chi connectivity index (χ4n) is 4.55. The van der Waals surface area contributed by atoms with E-state index >= 15 is 0 Å². The van der Waals surface area contributed by atoms with Crippen LogP contribution in [0.3, 0.4) is 0 Å². The predicted molar refractivity (Wildman–Crippen MR) is 116 cm³/mol. The molecule has 0 radical (unpaired) electrons. The summed E-state index contributed by atoms with van der Waals surface area (Å²) in [7, 11) is 0. The van der Waals surface area contributed by atoms with Crippen molar-refractivity contribution in [3.63, 3.8) is 0 Å². The Hall–Kier alpha value is -3.37. The smallest absolute Gasteiger partial charge is 0.337 e. The maximum atomic E-state index is 13.0. The Labute approximate surface area is 187 Å². The summed E-state index contributed by atoms with van der Waals surface area (Å²) < 4.78 is 39.0. The van der Waals surface area contributed by atoms with Gasteiger partial charge in [0.25, 0.3) is 5.56 Å². The van der Waals surface area contributed by atoms with Gasteiger partial charge in [-0.25, -0.2) is 0 Å². The Morgan fingerprint density at radius 3 is 2.55 bits per heavy atom. The highest BCUT2D eigenvalue weighted by Crippen LogP contribution is 2.34. The van der Waals surface area contributed by atoms with Crippen molar-refractivity contribution in [3.8, 4) is 0 Å². The fourth-order valence-corrected chi connectivity index (χ4v) is 4.55. The minimum absolute atomic E-state index is 0.000772. The number of benzene rings is 1. The van der Waals surface area contributed by atoms with E-state index in [4.69, 9.17) is 0 Å². The van der Waals surface area contributed by atoms with Gasteiger partial charge in [0.05, 0.1) is 17.0 Å². The average Bonchev–Trinajstić information content (AvgIpc) is 2.72. The maximum Gasteiger partial charge on any atom is 0.416 e. The number of rotatable bonds is 3. The van der Waals surface area contributed by atoms with Crippen molar-refractivity contribution >= 4 is 29.3 Å². The van der Waals surface area contributed by atoms with Crippen LogP contribution in [0.15, 0.2) is 29.1 Å². The summed E-state index contributed by atoms with van der Waals surface area (Å²) in [5.41, 5.74) is -1.58. The number of fused-ring (bicyclic) bond motifs is 1. The molecule has 176 valence electrons. The average molecular weight is 463 g/mol. The van der Waals surface area contributed by atoms with Crippen LogP contribution in [0.1, 0.15) is 56.6 Å². The number of nitrogens with one attached hydrogen (secondary N) is 3. The second-order valence-electron chi connectivity index (χ2n) is 8.56. The second-order valence-corrected chi connectivity index (χ2v) is 8.56. The SMILES string of the molecule is C[C@H]1CCC[C@H](C)N1c1nc2c(c(=O)[nH]1)[C@@H](C(=O)Nc1cccc(C(F)(F)F)c1)CC(=O)N2. The second kappa shape index (κ2) is 8.53. The third-order valence-corrected chi connectivity index (χ3v) is 6.15. The number of halogens is 3. The van der Waals surface area contributed by atoms with E-state index in [9.17, 15) is 27.6 Å². The van der Waals surface area contributed by atoms with Crippen LogP contribution in [-0.4, -0.2) is 33.9 Å². The molecule has 4 rings (SSSR count). The minimum Gasteiger partial charge on any atom is -0.337 e. The van der Waals surface area contributed by atoms with E-state index in [2.05, 4.69) is 20.6 Å². The van der Waals surface area contributed by atoms with Crippen molar-refractivity contribution in [3.05, 3.63) is 45.7 Å². The highest BCUT2D eigenvalue weighted by Gasteiger charge is 2.37. The number of H-pyrrole nitrogens is 1. The van der Waals surface area contributed by atoms with Crippen LogP contribution in [0.2, 0.25) is 0 Å². The van der Waals surface area contributed by atoms with Crippen molar-refractivity contribution in [2.24, 2.45) is 0 Å². The Morgan fingerprint density at radius 2 is 1.88 bits per heavy atom. The molecule has 2 aliphatic heterocycles. The molecule has 2 amide bonds. The first-order valence-electron chi connectivity index (χ1n) is 10.7. The monoisotopic (exact) mass is 463 g/mol. The molecule has 1 aromatic heterocycles. The Morgan fingerprint density at radius 1 is 1.18 bits per heavy atom. The molecular formula is C22H24F3N5O3. The summed E-state index contributed by atoms with van der Waals surface area (Å²) in [6, 6.07) is 4.43. The molecule has 1 saturated heterocycles. The first kappa shape index (κ1) is 22.8. The Bertz CT molecular complexity index is 1140. The molecule has 2 aliphatic rings. The van der Waals surface area contributed by atoms with Gasteiger partial charge in [-0.2, -0.15) is 18.2 Å². The van der Waals surface area contributed by atoms with Crippen molar-refractivity contribution < 1.29 is 22.8 Å². The van der Waals surface area contributed by atoms with Crippen molar-refractivity contribution in [2.75, 3.05) is 15.5 Å². The number of alkyl halides is 3. The number of hydrogen-bond donors (Lipinski definition) is 3. The summed E-state index contributed by atoms with van der Waals surface area (Å²) in [5, 5.41) is 4.96. The number of nitrogens with zero attached hydrogens (tertiary/aromatic N) is 2. The number of anilines is 3. The van der Waals surface area contributed by atoms with E-state index in [1.165, 1.54) is 12.1 Å². The molecule has 0 spiro atoms. The Kier molecular flexibility index (Phi) is 5.89. The lowest BCUT2D eigenvalue weighted by molar-refractivity contribution is -0.137. The van der Waals surface area contributed by atoms with E-state index in [0.717, 1.165) is 31.4 Å². The topological polar surface area (TPSA) is 107 Å². The molecule has 2 aromatic rings. The summed E-state index contributed by atoms with van der Waals surface area (Å²) in [5.74, 6) is -2.14. The van der Waals surface area contributed by atoms with E-state index in [0.29, 0.717) is 5.95 Å². The molecule has 11 heteroatoms. The number of aromatic nitrogens is 2. The molecule has 0 unspecified atom stereocenters. The highest BCUT2D eigenvalue weighted by atomic mass is 19.4. The van der Waals surface area contributed by atoms with Gasteiger partial charge >= 0.3 is 6.18 Å². The van der Waals surface area contributed by atoms with Gasteiger partial charge in [0.2, 0.25) is 17.8 Å². The first-order valence-corrected chi connectivity index (χ1v) is 10.7. The fraction of sp³-hybridized carbons (Fsp3) is 0.455. The first-order chi connectivity index (χ1) is 15.5. The van der Waals surface area contributed by atoms with Crippen LogP contribution in [0.25, 0.3) is 0 Å². The zero-order valence-corrected chi connectivity index (χ0v) is 18.1. The van der Waals surface area contributed by atoms with Crippen LogP contribution in [0.5, 0.6) is 0 Å². The predicted octanol–water partition coefficient (Wildman–Crippen LogP) is 3.62. The summed E-state index contributed by atoms with van der Waals surface area (Å²) >= 11 is 0. The summed E-state index contributed by atoms with van der Waals surface area (Å²) in [6.45, 7) is 4.05. The standard InChI is InChI=1S/C22H24F3N5O3/c1-11-5-3-6-12(2)30(11)21-28-18-17(20(33)29-21)15(10-16(31)27-18)19(32)26-14-8-4-7-13(9-14)22(23,24)25/h4,7-9,11-12,15H,3,5-6,10H2,1-2H3,(H,26,32)(H2,27,28,29,31,33)/t11-,12-,15-/m0/s1. The van der Waals surface area contributed by atoms with Crippen LogP contribution in [0, 0.1) is 0 Å². The number of amides is 2. The van der Waals surface area contributed by atoms with Crippen molar-refractivity contribution in [2.45, 2.75) is 63.7 Å². The Balaban J connectivity index is 1.65. The molecule has 3 heterocycles. The van der Waals surface area contributed by atoms with Gasteiger partial charge in [-0.05, 0) is 51.3 Å². The van der Waals surface area contributed by atoms with E-state index in [1.807, 2.05) is 18.7 Å². The largest absolute Gasteiger partial charge is 0.416 e. The molecule has 0 saturated carbocycles. The molecule has 0 bridgehead atoms. The van der Waals surface area contributed by atoms with Crippen molar-refractivity contribution in [1.82, 2.24) is 9.97 Å². The molecular weight excluding hydrogens is 439 g/mol. The lowest BCUT2D eigenvalue weighted by Crippen LogP contribution is -2.46. The van der Waals surface area contributed by atoms with Gasteiger partial charge < -0.3 is 15.5 Å². The van der Waals surface area contributed by atoms with Gasteiger partial charge in [0, 0.05) is 24.2 Å². The summed E-state index contributed by atoms with van der Waals surface area (Å²) in [6.07, 6.45) is -1.97. The van der Waals surface area contributed by atoms with Gasteiger partial charge in [-0.1, -0.05) is 6.07 Å². The number of carbonyl (C=O) groups excluding carboxylic acids is 2. The highest BCUT2D eigenvalue weighted by molar-refractivity contribution is 6.04. The van der Waals surface area contributed by atoms with Gasteiger partial charge in [-0.15, -0.1) is 0 Å². The molecule has 0 aliphatic carbocycles.